The van der Waals surface area contributed by atoms with Crippen molar-refractivity contribution < 1.29 is 23.5 Å². The Kier molecular flexibility index (Phi) is 6.58. The third kappa shape index (κ3) is 5.38. The van der Waals surface area contributed by atoms with Crippen molar-refractivity contribution in [3.63, 3.8) is 0 Å². The fourth-order valence-corrected chi connectivity index (χ4v) is 3.95. The molecule has 1 aromatic carbocycles. The van der Waals surface area contributed by atoms with E-state index in [1.165, 1.54) is 35.3 Å². The van der Waals surface area contributed by atoms with Crippen LogP contribution in [0.3, 0.4) is 0 Å². The molecule has 1 unspecified atom stereocenters. The first kappa shape index (κ1) is 20.9. The highest BCUT2D eigenvalue weighted by Crippen LogP contribution is 2.25. The maximum absolute atomic E-state index is 13.3. The molecular weight excluding hydrogens is 397 g/mol. The predicted molar refractivity (Wildman–Crippen MR) is 106 cm³/mol. The van der Waals surface area contributed by atoms with E-state index in [0.717, 1.165) is 6.42 Å². The second-order valence-electron chi connectivity index (χ2n) is 6.90. The van der Waals surface area contributed by atoms with Crippen molar-refractivity contribution in [3.05, 3.63) is 46.7 Å². The summed E-state index contributed by atoms with van der Waals surface area (Å²) in [6.07, 6.45) is 0.265. The minimum absolute atomic E-state index is 0.0361. The van der Waals surface area contributed by atoms with Gasteiger partial charge in [0.2, 0.25) is 5.91 Å². The third-order valence-electron chi connectivity index (χ3n) is 4.51. The number of carbonyl (C=O) groups is 3. The average Bonchev–Trinajstić information content (AvgIpc) is 3.29. The van der Waals surface area contributed by atoms with E-state index in [1.807, 2.05) is 0 Å². The Balaban J connectivity index is 1.51. The summed E-state index contributed by atoms with van der Waals surface area (Å²) in [6, 6.07) is 5.98. The number of aromatic nitrogens is 1. The van der Waals surface area contributed by atoms with Gasteiger partial charge in [-0.2, -0.15) is 0 Å². The van der Waals surface area contributed by atoms with Crippen molar-refractivity contribution in [2.45, 2.75) is 38.8 Å². The van der Waals surface area contributed by atoms with Crippen LogP contribution in [-0.4, -0.2) is 47.4 Å². The number of rotatable bonds is 7. The average molecular weight is 419 g/mol. The molecule has 2 heterocycles. The summed E-state index contributed by atoms with van der Waals surface area (Å²) in [6.45, 7) is 2.34. The molecule has 29 heavy (non-hydrogen) atoms. The molecule has 2 aromatic rings. The molecule has 1 aliphatic rings. The Morgan fingerprint density at radius 2 is 2.21 bits per heavy atom. The zero-order valence-corrected chi connectivity index (χ0v) is 17.1. The molecule has 1 aliphatic heterocycles. The van der Waals surface area contributed by atoms with Gasteiger partial charge in [0.05, 0.1) is 12.1 Å². The summed E-state index contributed by atoms with van der Waals surface area (Å²) in [5.74, 6) is -1.30. The number of esters is 1. The van der Waals surface area contributed by atoms with Crippen molar-refractivity contribution in [1.82, 2.24) is 9.88 Å². The Hall–Kier alpha value is -2.81. The van der Waals surface area contributed by atoms with Crippen LogP contribution in [0, 0.1) is 5.82 Å². The van der Waals surface area contributed by atoms with E-state index in [-0.39, 0.29) is 30.6 Å². The van der Waals surface area contributed by atoms with Crippen LogP contribution >= 0.6 is 11.3 Å². The van der Waals surface area contributed by atoms with Crippen LogP contribution in [0.5, 0.6) is 0 Å². The minimum atomic E-state index is -0.973. The molecule has 1 atom stereocenters. The smallest absolute Gasteiger partial charge is 0.312 e. The number of ether oxygens (including phenoxy) is 1. The number of benzene rings is 1. The van der Waals surface area contributed by atoms with Crippen LogP contribution in [0.25, 0.3) is 0 Å². The van der Waals surface area contributed by atoms with Crippen LogP contribution in [0.1, 0.15) is 31.0 Å². The number of halogens is 1. The van der Waals surface area contributed by atoms with E-state index in [0.29, 0.717) is 29.4 Å². The summed E-state index contributed by atoms with van der Waals surface area (Å²) in [4.78, 5) is 43.7. The van der Waals surface area contributed by atoms with Crippen molar-refractivity contribution in [3.8, 4) is 0 Å². The van der Waals surface area contributed by atoms with Crippen molar-refractivity contribution in [2.24, 2.45) is 0 Å². The number of hydrogen-bond donors (Lipinski definition) is 0. The van der Waals surface area contributed by atoms with Crippen LogP contribution in [0.2, 0.25) is 0 Å². The molecule has 1 fully saturated rings. The molecule has 9 heteroatoms. The largest absolute Gasteiger partial charge is 0.452 e. The second-order valence-corrected chi connectivity index (χ2v) is 7.74. The Morgan fingerprint density at radius 1 is 1.41 bits per heavy atom. The number of amides is 2. The van der Waals surface area contributed by atoms with Gasteiger partial charge in [-0.25, -0.2) is 9.37 Å². The monoisotopic (exact) mass is 419 g/mol. The lowest BCUT2D eigenvalue weighted by atomic mass is 10.2. The summed E-state index contributed by atoms with van der Waals surface area (Å²) in [7, 11) is 1.57. The molecule has 0 aliphatic carbocycles. The number of likely N-dealkylation sites (N-methyl/N-ethyl adjacent to an activating group) is 1. The predicted octanol–water partition coefficient (Wildman–Crippen LogP) is 2.54. The minimum Gasteiger partial charge on any atom is -0.452 e. The van der Waals surface area contributed by atoms with Crippen LogP contribution in [0.4, 0.5) is 9.52 Å². The van der Waals surface area contributed by atoms with Gasteiger partial charge < -0.3 is 9.64 Å². The normalized spacial score (nSPS) is 14.7. The number of hydrogen-bond acceptors (Lipinski definition) is 6. The Labute approximate surface area is 172 Å². The molecular formula is C20H22FN3O4S. The van der Waals surface area contributed by atoms with Crippen molar-refractivity contribution in [2.75, 3.05) is 18.5 Å². The SMILES string of the molecule is CC(OC(=O)Cc1csc(N2CCCC2=O)n1)C(=O)N(C)Cc1cccc(F)c1. The van der Waals surface area contributed by atoms with E-state index in [4.69, 9.17) is 4.74 Å². The van der Waals surface area contributed by atoms with Crippen LogP contribution in [-0.2, 0) is 32.1 Å². The number of anilines is 1. The number of nitrogens with zero attached hydrogens (tertiary/aromatic N) is 3. The van der Waals surface area contributed by atoms with Gasteiger partial charge in [0.1, 0.15) is 5.82 Å². The van der Waals surface area contributed by atoms with E-state index >= 15 is 0 Å². The van der Waals surface area contributed by atoms with E-state index in [1.54, 1.807) is 29.5 Å². The summed E-state index contributed by atoms with van der Waals surface area (Å²) < 4.78 is 18.5. The quantitative estimate of drug-likeness (QED) is 0.645. The lowest BCUT2D eigenvalue weighted by Crippen LogP contribution is -2.37. The molecule has 2 amide bonds. The topological polar surface area (TPSA) is 79.8 Å². The van der Waals surface area contributed by atoms with Gasteiger partial charge in [-0.3, -0.25) is 19.3 Å². The van der Waals surface area contributed by atoms with Crippen LogP contribution in [0.15, 0.2) is 29.6 Å². The van der Waals surface area contributed by atoms with Crippen molar-refractivity contribution >= 4 is 34.3 Å². The fraction of sp³-hybridized carbons (Fsp3) is 0.400. The number of thiazole rings is 1. The molecule has 1 saturated heterocycles. The first-order valence-corrected chi connectivity index (χ1v) is 10.1. The van der Waals surface area contributed by atoms with E-state index < -0.39 is 12.1 Å². The highest BCUT2D eigenvalue weighted by atomic mass is 32.1. The van der Waals surface area contributed by atoms with Crippen LogP contribution < -0.4 is 4.90 Å². The molecule has 0 N–H and O–H groups in total. The van der Waals surface area contributed by atoms with Gasteiger partial charge in [0.25, 0.3) is 5.91 Å². The maximum Gasteiger partial charge on any atom is 0.312 e. The number of carbonyl (C=O) groups excluding carboxylic acids is 3. The molecule has 7 nitrogen and oxygen atoms in total. The van der Waals surface area contributed by atoms with Gasteiger partial charge in [-0.1, -0.05) is 12.1 Å². The standard InChI is InChI=1S/C20H22FN3O4S/c1-13(19(27)23(2)11-14-5-3-6-15(21)9-14)28-18(26)10-16-12-29-20(22-16)24-8-4-7-17(24)25/h3,5-6,9,12-13H,4,7-8,10-11H2,1-2H3. The Morgan fingerprint density at radius 3 is 2.90 bits per heavy atom. The lowest BCUT2D eigenvalue weighted by molar-refractivity contribution is -0.158. The maximum atomic E-state index is 13.3. The highest BCUT2D eigenvalue weighted by Gasteiger charge is 2.25. The fourth-order valence-electron chi connectivity index (χ4n) is 3.09. The molecule has 3 rings (SSSR count). The molecule has 0 bridgehead atoms. The van der Waals surface area contributed by atoms with E-state index in [2.05, 4.69) is 4.98 Å². The molecule has 1 aromatic heterocycles. The molecule has 0 spiro atoms. The first-order valence-electron chi connectivity index (χ1n) is 9.27. The summed E-state index contributed by atoms with van der Waals surface area (Å²) >= 11 is 1.31. The van der Waals surface area contributed by atoms with Gasteiger partial charge in [0.15, 0.2) is 11.2 Å². The Bertz CT molecular complexity index is 917. The van der Waals surface area contributed by atoms with Gasteiger partial charge >= 0.3 is 5.97 Å². The second kappa shape index (κ2) is 9.13. The summed E-state index contributed by atoms with van der Waals surface area (Å²) in [5.41, 5.74) is 1.15. The zero-order valence-electron chi connectivity index (χ0n) is 16.3. The zero-order chi connectivity index (χ0) is 21.0. The summed E-state index contributed by atoms with van der Waals surface area (Å²) in [5, 5.41) is 2.29. The van der Waals surface area contributed by atoms with Crippen molar-refractivity contribution in [1.29, 1.82) is 0 Å². The van der Waals surface area contributed by atoms with Gasteiger partial charge in [-0.15, -0.1) is 11.3 Å². The molecule has 0 radical (unpaired) electrons. The van der Waals surface area contributed by atoms with E-state index in [9.17, 15) is 18.8 Å². The highest BCUT2D eigenvalue weighted by molar-refractivity contribution is 7.14. The lowest BCUT2D eigenvalue weighted by Gasteiger charge is -2.21. The molecule has 0 saturated carbocycles. The van der Waals surface area contributed by atoms with Gasteiger partial charge in [0, 0.05) is 31.9 Å². The van der Waals surface area contributed by atoms with Gasteiger partial charge in [-0.05, 0) is 31.0 Å². The molecule has 154 valence electrons. The third-order valence-corrected chi connectivity index (χ3v) is 5.42. The first-order chi connectivity index (χ1) is 13.8.